The molecule has 1 aliphatic rings. The molecule has 0 radical (unpaired) electrons. The summed E-state index contributed by atoms with van der Waals surface area (Å²) in [5, 5.41) is 3.32. The fourth-order valence-corrected chi connectivity index (χ4v) is 4.13. The van der Waals surface area contributed by atoms with E-state index in [2.05, 4.69) is 17.0 Å². The Labute approximate surface area is 127 Å². The zero-order valence-electron chi connectivity index (χ0n) is 12.1. The van der Waals surface area contributed by atoms with E-state index in [0.29, 0.717) is 10.9 Å². The summed E-state index contributed by atoms with van der Waals surface area (Å²) >= 11 is 0. The Bertz CT molecular complexity index is 560. The number of rotatable bonds is 3. The molecular formula is C14H23ClN2O2S. The van der Waals surface area contributed by atoms with Gasteiger partial charge >= 0.3 is 0 Å². The lowest BCUT2D eigenvalue weighted by Gasteiger charge is -2.28. The van der Waals surface area contributed by atoms with Crippen molar-refractivity contribution in [2.45, 2.75) is 50.6 Å². The monoisotopic (exact) mass is 318 g/mol. The van der Waals surface area contributed by atoms with E-state index in [1.807, 2.05) is 26.0 Å². The first-order valence-corrected chi connectivity index (χ1v) is 8.20. The van der Waals surface area contributed by atoms with Gasteiger partial charge in [0.05, 0.1) is 4.90 Å². The summed E-state index contributed by atoms with van der Waals surface area (Å²) in [6.45, 7) is 6.68. The number of hydrogen-bond donors (Lipinski definition) is 2. The van der Waals surface area contributed by atoms with Gasteiger partial charge in [-0.15, -0.1) is 12.4 Å². The Morgan fingerprint density at radius 2 is 2.00 bits per heavy atom. The number of benzene rings is 1. The Balaban J connectivity index is 0.00000200. The van der Waals surface area contributed by atoms with Gasteiger partial charge in [0.2, 0.25) is 10.0 Å². The van der Waals surface area contributed by atoms with Crippen molar-refractivity contribution in [1.82, 2.24) is 10.0 Å². The van der Waals surface area contributed by atoms with E-state index >= 15 is 0 Å². The van der Waals surface area contributed by atoms with Gasteiger partial charge in [-0.25, -0.2) is 13.1 Å². The quantitative estimate of drug-likeness (QED) is 0.897. The third kappa shape index (κ3) is 4.19. The van der Waals surface area contributed by atoms with Crippen molar-refractivity contribution in [2.24, 2.45) is 0 Å². The van der Waals surface area contributed by atoms with Crippen LogP contribution in [0.3, 0.4) is 0 Å². The van der Waals surface area contributed by atoms with Gasteiger partial charge < -0.3 is 5.32 Å². The molecule has 0 spiro atoms. The van der Waals surface area contributed by atoms with Crippen LogP contribution in [-0.4, -0.2) is 27.0 Å². The van der Waals surface area contributed by atoms with Crippen LogP contribution >= 0.6 is 12.4 Å². The van der Waals surface area contributed by atoms with E-state index in [1.165, 1.54) is 0 Å². The second-order valence-corrected chi connectivity index (χ2v) is 7.15. The van der Waals surface area contributed by atoms with Crippen molar-refractivity contribution >= 4 is 22.4 Å². The summed E-state index contributed by atoms with van der Waals surface area (Å²) in [6.07, 6.45) is 1.68. The largest absolute Gasteiger partial charge is 0.314 e. The van der Waals surface area contributed by atoms with E-state index in [1.54, 1.807) is 6.07 Å². The van der Waals surface area contributed by atoms with Crippen molar-refractivity contribution in [3.63, 3.8) is 0 Å². The van der Waals surface area contributed by atoms with Gasteiger partial charge in [0.25, 0.3) is 0 Å². The number of sulfonamides is 1. The van der Waals surface area contributed by atoms with Crippen molar-refractivity contribution < 1.29 is 8.42 Å². The van der Waals surface area contributed by atoms with Gasteiger partial charge in [-0.3, -0.25) is 0 Å². The summed E-state index contributed by atoms with van der Waals surface area (Å²) in [7, 11) is -3.41. The van der Waals surface area contributed by atoms with E-state index in [0.717, 1.165) is 30.5 Å². The molecule has 2 atom stereocenters. The molecule has 0 aromatic heterocycles. The van der Waals surface area contributed by atoms with Crippen LogP contribution in [0.25, 0.3) is 0 Å². The predicted molar refractivity (Wildman–Crippen MR) is 84.0 cm³/mol. The van der Waals surface area contributed by atoms with Crippen molar-refractivity contribution in [2.75, 3.05) is 6.54 Å². The van der Waals surface area contributed by atoms with Crippen LogP contribution in [0, 0.1) is 13.8 Å². The maximum Gasteiger partial charge on any atom is 0.241 e. The molecule has 1 fully saturated rings. The molecule has 4 nitrogen and oxygen atoms in total. The minimum atomic E-state index is -3.41. The maximum atomic E-state index is 12.4. The number of aryl methyl sites for hydroxylation is 2. The first-order chi connectivity index (χ1) is 8.88. The molecule has 1 aromatic rings. The highest BCUT2D eigenvalue weighted by Crippen LogP contribution is 2.19. The van der Waals surface area contributed by atoms with Gasteiger partial charge in [-0.2, -0.15) is 0 Å². The lowest BCUT2D eigenvalue weighted by atomic mass is 10.0. The van der Waals surface area contributed by atoms with Crippen LogP contribution in [0.4, 0.5) is 0 Å². The molecule has 114 valence electrons. The topological polar surface area (TPSA) is 58.2 Å². The molecule has 6 heteroatoms. The minimum Gasteiger partial charge on any atom is -0.314 e. The molecule has 1 heterocycles. The van der Waals surface area contributed by atoms with Gasteiger partial charge in [-0.1, -0.05) is 12.1 Å². The molecule has 1 saturated heterocycles. The normalized spacial score (nSPS) is 23.1. The maximum absolute atomic E-state index is 12.4. The van der Waals surface area contributed by atoms with Crippen LogP contribution in [0.1, 0.15) is 30.9 Å². The Kier molecular flexibility index (Phi) is 6.01. The lowest BCUT2D eigenvalue weighted by molar-refractivity contribution is 0.361. The zero-order valence-corrected chi connectivity index (χ0v) is 13.8. The highest BCUT2D eigenvalue weighted by Gasteiger charge is 2.25. The molecule has 0 bridgehead atoms. The van der Waals surface area contributed by atoms with Crippen molar-refractivity contribution in [3.05, 3.63) is 29.3 Å². The Hall–Kier alpha value is -0.620. The second kappa shape index (κ2) is 6.89. The standard InChI is InChI=1S/C14H22N2O2S.ClH/c1-10-4-5-11(2)14(8-10)19(17,18)16-13-6-7-15-12(3)9-13;/h4-5,8,12-13,15-16H,6-7,9H2,1-3H3;1H. The lowest BCUT2D eigenvalue weighted by Crippen LogP contribution is -2.46. The second-order valence-electron chi connectivity index (χ2n) is 5.47. The van der Waals surface area contributed by atoms with Gasteiger partial charge in [-0.05, 0) is 57.4 Å². The highest BCUT2D eigenvalue weighted by molar-refractivity contribution is 7.89. The van der Waals surface area contributed by atoms with Crippen LogP contribution < -0.4 is 10.0 Å². The highest BCUT2D eigenvalue weighted by atomic mass is 35.5. The molecule has 2 rings (SSSR count). The van der Waals surface area contributed by atoms with Crippen LogP contribution in [-0.2, 0) is 10.0 Å². The van der Waals surface area contributed by atoms with Crippen LogP contribution in [0.15, 0.2) is 23.1 Å². The van der Waals surface area contributed by atoms with E-state index in [-0.39, 0.29) is 18.4 Å². The van der Waals surface area contributed by atoms with Crippen LogP contribution in [0.5, 0.6) is 0 Å². The Morgan fingerprint density at radius 3 is 2.65 bits per heavy atom. The summed E-state index contributed by atoms with van der Waals surface area (Å²) < 4.78 is 27.7. The van der Waals surface area contributed by atoms with Crippen LogP contribution in [0.2, 0.25) is 0 Å². The SMILES string of the molecule is Cc1ccc(C)c(S(=O)(=O)NC2CCNC(C)C2)c1.Cl. The summed E-state index contributed by atoms with van der Waals surface area (Å²) in [5.74, 6) is 0. The zero-order chi connectivity index (χ0) is 14.0. The molecule has 2 N–H and O–H groups in total. The van der Waals surface area contributed by atoms with Crippen molar-refractivity contribution in [3.8, 4) is 0 Å². The molecule has 2 unspecified atom stereocenters. The molecular weight excluding hydrogens is 296 g/mol. The molecule has 1 aliphatic heterocycles. The van der Waals surface area contributed by atoms with Gasteiger partial charge in [0, 0.05) is 12.1 Å². The number of piperidine rings is 1. The fraction of sp³-hybridized carbons (Fsp3) is 0.571. The number of nitrogens with one attached hydrogen (secondary N) is 2. The summed E-state index contributed by atoms with van der Waals surface area (Å²) in [5.41, 5.74) is 1.75. The van der Waals surface area contributed by atoms with Gasteiger partial charge in [0.15, 0.2) is 0 Å². The minimum absolute atomic E-state index is 0. The predicted octanol–water partition coefficient (Wildman–Crippen LogP) is 2.14. The molecule has 0 aliphatic carbocycles. The average molecular weight is 319 g/mol. The first-order valence-electron chi connectivity index (χ1n) is 6.71. The van der Waals surface area contributed by atoms with Crippen molar-refractivity contribution in [1.29, 1.82) is 0 Å². The first kappa shape index (κ1) is 17.4. The number of hydrogen-bond acceptors (Lipinski definition) is 3. The Morgan fingerprint density at radius 1 is 1.30 bits per heavy atom. The van der Waals surface area contributed by atoms with E-state index in [9.17, 15) is 8.42 Å². The molecule has 1 aromatic carbocycles. The average Bonchev–Trinajstić information content (AvgIpc) is 2.31. The molecule has 0 saturated carbocycles. The smallest absolute Gasteiger partial charge is 0.241 e. The summed E-state index contributed by atoms with van der Waals surface area (Å²) in [4.78, 5) is 0.402. The molecule has 20 heavy (non-hydrogen) atoms. The molecule has 0 amide bonds. The third-order valence-corrected chi connectivity index (χ3v) is 5.24. The third-order valence-electron chi connectivity index (χ3n) is 3.58. The van der Waals surface area contributed by atoms with E-state index in [4.69, 9.17) is 0 Å². The number of halogens is 1. The fourth-order valence-electron chi connectivity index (χ4n) is 2.52. The van der Waals surface area contributed by atoms with Gasteiger partial charge in [0.1, 0.15) is 0 Å². The van der Waals surface area contributed by atoms with E-state index < -0.39 is 10.0 Å². The summed E-state index contributed by atoms with van der Waals surface area (Å²) in [6, 6.07) is 5.92.